The number of aromatic nitrogens is 2. The first kappa shape index (κ1) is 19.6. The zero-order valence-corrected chi connectivity index (χ0v) is 16.5. The number of hydrogen-bond acceptors (Lipinski definition) is 3. The van der Waals surface area contributed by atoms with E-state index in [0.717, 1.165) is 11.3 Å². The number of H-pyrrole nitrogens is 1. The van der Waals surface area contributed by atoms with E-state index in [1.807, 2.05) is 31.2 Å². The maximum absolute atomic E-state index is 13.3. The summed E-state index contributed by atoms with van der Waals surface area (Å²) >= 11 is 0. The number of rotatable bonds is 6. The van der Waals surface area contributed by atoms with Crippen molar-refractivity contribution in [2.45, 2.75) is 20.8 Å². The number of aromatic amines is 1. The van der Waals surface area contributed by atoms with Crippen LogP contribution in [0.2, 0.25) is 0 Å². The minimum absolute atomic E-state index is 0.220. The van der Waals surface area contributed by atoms with Gasteiger partial charge in [-0.3, -0.25) is 14.9 Å². The van der Waals surface area contributed by atoms with Crippen LogP contribution in [-0.2, 0) is 0 Å². The minimum Gasteiger partial charge on any atom is -0.497 e. The monoisotopic (exact) mass is 381 g/mol. The predicted molar refractivity (Wildman–Crippen MR) is 110 cm³/mol. The highest BCUT2D eigenvalue weighted by molar-refractivity contribution is 6.03. The summed E-state index contributed by atoms with van der Waals surface area (Å²) in [6, 6.07) is 13.2. The van der Waals surface area contributed by atoms with Gasteiger partial charge in [0.15, 0.2) is 0 Å². The van der Waals surface area contributed by atoms with Gasteiger partial charge in [0.1, 0.15) is 11.6 Å². The number of hydrogen-bond donors (Lipinski definition) is 1. The van der Waals surface area contributed by atoms with Crippen molar-refractivity contribution in [1.29, 1.82) is 0 Å². The van der Waals surface area contributed by atoms with E-state index in [1.165, 1.54) is 16.8 Å². The van der Waals surface area contributed by atoms with Gasteiger partial charge in [-0.05, 0) is 61.4 Å². The van der Waals surface area contributed by atoms with Gasteiger partial charge in [-0.15, -0.1) is 0 Å². The van der Waals surface area contributed by atoms with E-state index in [9.17, 15) is 9.18 Å². The van der Waals surface area contributed by atoms with E-state index in [0.29, 0.717) is 35.1 Å². The molecule has 28 heavy (non-hydrogen) atoms. The number of aliphatic imine (C=N–C) groups is 1. The number of nitrogens with one attached hydrogen (secondary N) is 1. The third kappa shape index (κ3) is 4.06. The van der Waals surface area contributed by atoms with Crippen LogP contribution in [0.15, 0.2) is 58.3 Å². The smallest absolute Gasteiger partial charge is 0.280 e. The molecule has 0 saturated heterocycles. The second-order valence-electron chi connectivity index (χ2n) is 7.03. The molecule has 1 N–H and O–H groups in total. The summed E-state index contributed by atoms with van der Waals surface area (Å²) in [6.45, 7) is 6.63. The maximum atomic E-state index is 13.3. The molecule has 0 radical (unpaired) electrons. The van der Waals surface area contributed by atoms with Crippen molar-refractivity contribution in [2.24, 2.45) is 10.9 Å². The van der Waals surface area contributed by atoms with Crippen molar-refractivity contribution in [2.75, 3.05) is 13.7 Å². The van der Waals surface area contributed by atoms with Crippen LogP contribution in [0.5, 0.6) is 5.75 Å². The van der Waals surface area contributed by atoms with Gasteiger partial charge in [0.25, 0.3) is 5.56 Å². The number of nitrogens with zero attached hydrogens (tertiary/aromatic N) is 2. The van der Waals surface area contributed by atoms with Gasteiger partial charge in [0.05, 0.1) is 24.1 Å². The number of benzene rings is 2. The molecule has 0 bridgehead atoms. The largest absolute Gasteiger partial charge is 0.497 e. The first-order chi connectivity index (χ1) is 13.4. The summed E-state index contributed by atoms with van der Waals surface area (Å²) in [5.41, 5.74) is 3.03. The van der Waals surface area contributed by atoms with Crippen LogP contribution >= 0.6 is 0 Å². The summed E-state index contributed by atoms with van der Waals surface area (Å²) in [5, 5.41) is 3.17. The second-order valence-corrected chi connectivity index (χ2v) is 7.03. The lowest BCUT2D eigenvalue weighted by Gasteiger charge is -2.05. The lowest BCUT2D eigenvalue weighted by atomic mass is 10.0. The number of methoxy groups -OCH3 is 1. The van der Waals surface area contributed by atoms with Crippen LogP contribution in [0, 0.1) is 11.7 Å². The van der Waals surface area contributed by atoms with Crippen molar-refractivity contribution in [3.8, 4) is 22.7 Å². The molecule has 0 aliphatic heterocycles. The fourth-order valence-corrected chi connectivity index (χ4v) is 2.91. The molecule has 3 aromatic rings. The Morgan fingerprint density at radius 3 is 2.36 bits per heavy atom. The highest BCUT2D eigenvalue weighted by Gasteiger charge is 2.19. The quantitative estimate of drug-likeness (QED) is 0.642. The van der Waals surface area contributed by atoms with Crippen molar-refractivity contribution >= 4 is 5.71 Å². The molecule has 1 aromatic heterocycles. The van der Waals surface area contributed by atoms with E-state index < -0.39 is 0 Å². The fraction of sp³-hybridized carbons (Fsp3) is 0.273. The molecule has 0 fully saturated rings. The van der Waals surface area contributed by atoms with Crippen LogP contribution < -0.4 is 10.3 Å². The first-order valence-corrected chi connectivity index (χ1v) is 9.17. The standard InChI is InChI=1S/C22H24FN3O2/c1-14(2)13-24-15(3)20-21(16-5-11-19(28-4)12-6-16)25-26(22(20)27)18-9-7-17(23)8-10-18/h5-12,14,25H,13H2,1-4H3. The molecule has 3 rings (SSSR count). The lowest BCUT2D eigenvalue weighted by Crippen LogP contribution is -2.20. The summed E-state index contributed by atoms with van der Waals surface area (Å²) in [5.74, 6) is 0.766. The van der Waals surface area contributed by atoms with E-state index in [-0.39, 0.29) is 11.4 Å². The summed E-state index contributed by atoms with van der Waals surface area (Å²) in [7, 11) is 1.61. The molecule has 5 nitrogen and oxygen atoms in total. The van der Waals surface area contributed by atoms with Crippen LogP contribution in [0.25, 0.3) is 16.9 Å². The topological polar surface area (TPSA) is 59.4 Å². The Hall–Kier alpha value is -3.15. The molecule has 0 aliphatic rings. The summed E-state index contributed by atoms with van der Waals surface area (Å²) in [4.78, 5) is 17.8. The molecule has 0 aliphatic carbocycles. The van der Waals surface area contributed by atoms with Crippen LogP contribution in [0.4, 0.5) is 4.39 Å². The highest BCUT2D eigenvalue weighted by Crippen LogP contribution is 2.24. The van der Waals surface area contributed by atoms with E-state index in [2.05, 4.69) is 23.9 Å². The summed E-state index contributed by atoms with van der Waals surface area (Å²) in [6.07, 6.45) is 0. The van der Waals surface area contributed by atoms with Crippen LogP contribution in [0.3, 0.4) is 0 Å². The molecule has 1 heterocycles. The molecule has 146 valence electrons. The van der Waals surface area contributed by atoms with Gasteiger partial charge in [-0.2, -0.15) is 0 Å². The predicted octanol–water partition coefficient (Wildman–Crippen LogP) is 4.45. The highest BCUT2D eigenvalue weighted by atomic mass is 19.1. The zero-order chi connectivity index (χ0) is 20.3. The Balaban J connectivity index is 2.17. The minimum atomic E-state index is -0.353. The molecule has 0 spiro atoms. The molecule has 0 saturated carbocycles. The lowest BCUT2D eigenvalue weighted by molar-refractivity contribution is 0.415. The van der Waals surface area contributed by atoms with Gasteiger partial charge in [-0.25, -0.2) is 9.07 Å². The molecular formula is C22H24FN3O2. The third-order valence-electron chi connectivity index (χ3n) is 4.41. The molecule has 2 aromatic carbocycles. The van der Waals surface area contributed by atoms with Crippen molar-refractivity contribution in [3.05, 3.63) is 70.3 Å². The van der Waals surface area contributed by atoms with Crippen LogP contribution in [0.1, 0.15) is 26.3 Å². The average Bonchev–Trinajstić information content (AvgIpc) is 3.04. The van der Waals surface area contributed by atoms with Gasteiger partial charge >= 0.3 is 0 Å². The van der Waals surface area contributed by atoms with Gasteiger partial charge in [-0.1, -0.05) is 13.8 Å². The van der Waals surface area contributed by atoms with Crippen molar-refractivity contribution in [3.63, 3.8) is 0 Å². The SMILES string of the molecule is COc1ccc(-c2[nH]n(-c3ccc(F)cc3)c(=O)c2C(C)=NCC(C)C)cc1. The average molecular weight is 381 g/mol. The number of halogens is 1. The maximum Gasteiger partial charge on any atom is 0.280 e. The normalized spacial score (nSPS) is 11.9. The molecular weight excluding hydrogens is 357 g/mol. The Bertz CT molecular complexity index is 1030. The van der Waals surface area contributed by atoms with E-state index >= 15 is 0 Å². The Morgan fingerprint density at radius 1 is 1.14 bits per heavy atom. The fourth-order valence-electron chi connectivity index (χ4n) is 2.91. The molecule has 0 atom stereocenters. The zero-order valence-electron chi connectivity index (χ0n) is 16.5. The van der Waals surface area contributed by atoms with Crippen molar-refractivity contribution in [1.82, 2.24) is 9.78 Å². The number of ether oxygens (including phenoxy) is 1. The molecule has 6 heteroatoms. The van der Waals surface area contributed by atoms with Gasteiger partial charge in [0, 0.05) is 17.8 Å². The Kier molecular flexibility index (Phi) is 5.78. The van der Waals surface area contributed by atoms with Crippen LogP contribution in [-0.4, -0.2) is 29.1 Å². The summed E-state index contributed by atoms with van der Waals surface area (Å²) < 4.78 is 19.9. The Labute approximate surface area is 163 Å². The van der Waals surface area contributed by atoms with Crippen molar-refractivity contribution < 1.29 is 9.13 Å². The molecule has 0 unspecified atom stereocenters. The molecule has 0 amide bonds. The van der Waals surface area contributed by atoms with Gasteiger partial charge < -0.3 is 4.74 Å². The Morgan fingerprint density at radius 2 is 1.79 bits per heavy atom. The van der Waals surface area contributed by atoms with Gasteiger partial charge in [0.2, 0.25) is 0 Å². The van der Waals surface area contributed by atoms with E-state index in [1.54, 1.807) is 19.2 Å². The van der Waals surface area contributed by atoms with E-state index in [4.69, 9.17) is 4.74 Å². The second kappa shape index (κ2) is 8.25. The third-order valence-corrected chi connectivity index (χ3v) is 4.41. The first-order valence-electron chi connectivity index (χ1n) is 9.17.